The first-order chi connectivity index (χ1) is 42.6. The molecule has 21 heteroatoms. The number of nitrogens with one attached hydrogen (secondary N) is 1. The molecule has 0 saturated carbocycles. The quantitative estimate of drug-likeness (QED) is 0.0107. The van der Waals surface area contributed by atoms with Gasteiger partial charge in [-0.05, 0) is 95.8 Å². The van der Waals surface area contributed by atoms with Crippen LogP contribution in [0.4, 0.5) is 5.95 Å². The zero-order valence-electron chi connectivity index (χ0n) is 50.7. The van der Waals surface area contributed by atoms with Crippen LogP contribution in [0.3, 0.4) is 0 Å². The van der Waals surface area contributed by atoms with Gasteiger partial charge in [0, 0.05) is 44.8 Å². The Balaban J connectivity index is 1.12. The van der Waals surface area contributed by atoms with Gasteiger partial charge in [0.1, 0.15) is 36.0 Å². The van der Waals surface area contributed by atoms with Gasteiger partial charge in [-0.3, -0.25) is 19.0 Å². The van der Waals surface area contributed by atoms with Crippen LogP contribution in [0, 0.1) is 11.3 Å². The maximum absolute atomic E-state index is 13.4. The molecule has 2 aromatic heterocycles. The highest BCUT2D eigenvalue weighted by molar-refractivity contribution is 7.44. The number of esters is 3. The maximum atomic E-state index is 13.4. The molecule has 6 aromatic carbocycles. The van der Waals surface area contributed by atoms with E-state index in [1.54, 1.807) is 31.2 Å². The SMILES string of the molecule is C=CCOc1nc(N[C@H]2c3c(ccc4ccc5ccccc5c34)[C@@H](OC(C)=O)[C@H](OC(C)=O)[C@H]2OC(C)=O)nc2c1ncn2[C@H]1C[C@H](OP(OCCC#N)N(C(C)C)C(C)C)[C@@H](COC(c2ccccc2)(c2ccc(OC)cc2)c2ccc(OC)cc2)O1. The van der Waals surface area contributed by atoms with E-state index in [-0.39, 0.29) is 67.7 Å². The van der Waals surface area contributed by atoms with Gasteiger partial charge in [0.15, 0.2) is 29.5 Å². The highest BCUT2D eigenvalue weighted by Crippen LogP contribution is 2.52. The first-order valence-electron chi connectivity index (χ1n) is 29.2. The zero-order valence-corrected chi connectivity index (χ0v) is 51.5. The smallest absolute Gasteiger partial charge is 0.303 e. The lowest BCUT2D eigenvalue weighted by molar-refractivity contribution is -0.187. The van der Waals surface area contributed by atoms with Crippen molar-refractivity contribution < 1.29 is 61.3 Å². The maximum Gasteiger partial charge on any atom is 0.303 e. The molecule has 1 N–H and O–H groups in total. The monoisotopic (exact) mass is 1210 g/mol. The summed E-state index contributed by atoms with van der Waals surface area (Å²) in [5, 5.41) is 16.6. The van der Waals surface area contributed by atoms with Crippen molar-refractivity contribution >= 4 is 65.1 Å². The van der Waals surface area contributed by atoms with Gasteiger partial charge < -0.3 is 52.3 Å². The largest absolute Gasteiger partial charge is 0.497 e. The van der Waals surface area contributed by atoms with Crippen LogP contribution < -0.4 is 19.5 Å². The Kier molecular flexibility index (Phi) is 19.6. The van der Waals surface area contributed by atoms with Gasteiger partial charge in [-0.15, -0.1) is 0 Å². The van der Waals surface area contributed by atoms with Crippen molar-refractivity contribution in [1.29, 1.82) is 5.26 Å². The highest BCUT2D eigenvalue weighted by Gasteiger charge is 2.51. The number of hydrogen-bond acceptors (Lipinski definition) is 19. The van der Waals surface area contributed by atoms with E-state index in [1.165, 1.54) is 20.8 Å². The lowest BCUT2D eigenvalue weighted by atomic mass is 9.77. The van der Waals surface area contributed by atoms with Crippen LogP contribution in [0.5, 0.6) is 17.4 Å². The van der Waals surface area contributed by atoms with E-state index in [2.05, 4.69) is 50.3 Å². The number of carbonyl (C=O) groups is 3. The van der Waals surface area contributed by atoms with Crippen molar-refractivity contribution in [2.45, 2.75) is 122 Å². The van der Waals surface area contributed by atoms with E-state index in [0.29, 0.717) is 22.6 Å². The molecule has 3 heterocycles. The minimum absolute atomic E-state index is 0.00222. The molecule has 88 heavy (non-hydrogen) atoms. The van der Waals surface area contributed by atoms with Gasteiger partial charge in [0.05, 0.1) is 58.4 Å². The third-order valence-corrected chi connectivity index (χ3v) is 17.6. The minimum Gasteiger partial charge on any atom is -0.497 e. The fraction of sp³-hybridized carbons (Fsp3) is 0.358. The van der Waals surface area contributed by atoms with Crippen molar-refractivity contribution in [3.05, 3.63) is 174 Å². The fourth-order valence-corrected chi connectivity index (χ4v) is 13.7. The number of imidazole rings is 1. The molecule has 8 atom stereocenters. The number of rotatable bonds is 25. The Labute approximate surface area is 512 Å². The van der Waals surface area contributed by atoms with Crippen molar-refractivity contribution in [2.75, 3.05) is 39.4 Å². The number of hydrogen-bond donors (Lipinski definition) is 1. The second-order valence-electron chi connectivity index (χ2n) is 21.9. The molecule has 2 aliphatic rings. The summed E-state index contributed by atoms with van der Waals surface area (Å²) in [6.45, 7) is 16.1. The third-order valence-electron chi connectivity index (χ3n) is 15.5. The molecule has 1 fully saturated rings. The topological polar surface area (TPSA) is 226 Å². The second kappa shape index (κ2) is 27.7. The Morgan fingerprint density at radius 1 is 0.795 bits per heavy atom. The van der Waals surface area contributed by atoms with Crippen LogP contribution in [-0.4, -0.2) is 113 Å². The van der Waals surface area contributed by atoms with Gasteiger partial charge >= 0.3 is 17.9 Å². The molecule has 8 aromatic rings. The molecule has 1 aliphatic heterocycles. The van der Waals surface area contributed by atoms with E-state index in [1.807, 2.05) is 127 Å². The molecule has 20 nitrogen and oxygen atoms in total. The van der Waals surface area contributed by atoms with Gasteiger partial charge in [0.25, 0.3) is 8.53 Å². The molecule has 10 rings (SSSR count). The number of benzene rings is 6. The first kappa shape index (κ1) is 62.5. The molecular formula is C67H72N7O13P. The van der Waals surface area contributed by atoms with Crippen molar-refractivity contribution in [3.63, 3.8) is 0 Å². The number of methoxy groups -OCH3 is 2. The van der Waals surface area contributed by atoms with Gasteiger partial charge in [-0.25, -0.2) is 9.65 Å². The average Bonchev–Trinajstić information content (AvgIpc) is 1.02. The standard InChI is InChI=1S/C67H72N7O13P/c1-11-35-80-65-60-64(71-66(72-65)70-59-58-53(33-24-46-23-22-45-18-15-16-21-52(45)57(46)58)61(83-42(6)75)63(85-44(8)77)62(59)84-43(7)76)73(39-69-60)56-37-54(87-88(82-36-17-34-68)74(40(2)3)41(4)5)55(86-56)38-81-67(47-19-13-12-14-20-47,48-25-29-50(78-9)30-26-48)49-27-31-51(79-10)32-28-49/h11-16,18-33,39-41,54-56,59,61-63H,1,17,35-38H2,2-10H3,(H,70,71,72)/t54-,55+,56+,59-,61+,62-,63-,88?/m0/s1. The third kappa shape index (κ3) is 13.0. The van der Waals surface area contributed by atoms with E-state index < -0.39 is 74.8 Å². The average molecular weight is 1210 g/mol. The summed E-state index contributed by atoms with van der Waals surface area (Å²) in [6.07, 6.45) is -2.64. The van der Waals surface area contributed by atoms with Gasteiger partial charge in [0.2, 0.25) is 11.8 Å². The Morgan fingerprint density at radius 3 is 2.03 bits per heavy atom. The predicted molar refractivity (Wildman–Crippen MR) is 331 cm³/mol. The summed E-state index contributed by atoms with van der Waals surface area (Å²) >= 11 is 0. The van der Waals surface area contributed by atoms with Crippen LogP contribution in [-0.2, 0) is 52.7 Å². The normalized spacial score (nSPS) is 19.5. The van der Waals surface area contributed by atoms with Gasteiger partial charge in [-0.1, -0.05) is 116 Å². The molecule has 0 radical (unpaired) electrons. The van der Waals surface area contributed by atoms with Crippen LogP contribution in [0.2, 0.25) is 0 Å². The van der Waals surface area contributed by atoms with Crippen LogP contribution in [0.25, 0.3) is 32.7 Å². The minimum atomic E-state index is -1.81. The lowest BCUT2D eigenvalue weighted by Gasteiger charge is -2.42. The Hall–Kier alpha value is -8.54. The summed E-state index contributed by atoms with van der Waals surface area (Å²) in [4.78, 5) is 54.5. The molecule has 1 saturated heterocycles. The predicted octanol–water partition coefficient (Wildman–Crippen LogP) is 12.3. The first-order valence-corrected chi connectivity index (χ1v) is 30.3. The summed E-state index contributed by atoms with van der Waals surface area (Å²) in [5.74, 6) is -0.620. The number of anilines is 1. The van der Waals surface area contributed by atoms with Gasteiger partial charge in [-0.2, -0.15) is 15.2 Å². The molecule has 0 bridgehead atoms. The fourth-order valence-electron chi connectivity index (χ4n) is 11.9. The van der Waals surface area contributed by atoms with Crippen molar-refractivity contribution in [1.82, 2.24) is 24.2 Å². The van der Waals surface area contributed by atoms with Crippen LogP contribution in [0.15, 0.2) is 146 Å². The number of aromatic nitrogens is 4. The number of fused-ring (bicyclic) bond motifs is 6. The summed E-state index contributed by atoms with van der Waals surface area (Å²) < 4.78 is 68.4. The van der Waals surface area contributed by atoms with E-state index in [4.69, 9.17) is 61.9 Å². The molecule has 1 unspecified atom stereocenters. The van der Waals surface area contributed by atoms with Crippen LogP contribution >= 0.6 is 8.53 Å². The van der Waals surface area contributed by atoms with Crippen LogP contribution in [0.1, 0.15) is 107 Å². The van der Waals surface area contributed by atoms with Crippen molar-refractivity contribution in [3.8, 4) is 23.4 Å². The number of ether oxygens (including phenoxy) is 8. The molecular weight excluding hydrogens is 1140 g/mol. The summed E-state index contributed by atoms with van der Waals surface area (Å²) in [7, 11) is 1.44. The molecule has 0 spiro atoms. The highest BCUT2D eigenvalue weighted by atomic mass is 31.2. The molecule has 0 amide bonds. The van der Waals surface area contributed by atoms with E-state index >= 15 is 0 Å². The molecule has 1 aliphatic carbocycles. The molecule has 458 valence electrons. The number of carbonyl (C=O) groups excluding carboxylic acids is 3. The van der Waals surface area contributed by atoms with Crippen molar-refractivity contribution in [2.24, 2.45) is 0 Å². The second-order valence-corrected chi connectivity index (χ2v) is 23.3. The van der Waals surface area contributed by atoms with E-state index in [0.717, 1.165) is 38.2 Å². The summed E-state index contributed by atoms with van der Waals surface area (Å²) in [6, 6.07) is 42.2. The zero-order chi connectivity index (χ0) is 62.2. The number of nitriles is 1. The summed E-state index contributed by atoms with van der Waals surface area (Å²) in [5.41, 5.74) is 2.89. The number of nitrogens with zero attached hydrogens (tertiary/aromatic N) is 6. The Bertz CT molecular complexity index is 3770. The van der Waals surface area contributed by atoms with E-state index in [9.17, 15) is 19.6 Å². The Morgan fingerprint density at radius 2 is 1.41 bits per heavy atom. The lowest BCUT2D eigenvalue weighted by Crippen LogP contribution is -2.50.